The summed E-state index contributed by atoms with van der Waals surface area (Å²) in [4.78, 5) is 28.3. The first-order valence-corrected chi connectivity index (χ1v) is 11.4. The van der Waals surface area contributed by atoms with Gasteiger partial charge in [-0.2, -0.15) is 0 Å². The van der Waals surface area contributed by atoms with E-state index in [0.717, 1.165) is 5.56 Å². The summed E-state index contributed by atoms with van der Waals surface area (Å²) in [6, 6.07) is 23.2. The van der Waals surface area contributed by atoms with Crippen LogP contribution in [0.1, 0.15) is 24.4 Å². The Hall–Kier alpha value is -3.84. The van der Waals surface area contributed by atoms with Gasteiger partial charge in [0, 0.05) is 17.7 Å². The van der Waals surface area contributed by atoms with Gasteiger partial charge in [-0.05, 0) is 55.8 Å². The van der Waals surface area contributed by atoms with Gasteiger partial charge in [0.2, 0.25) is 11.8 Å². The van der Waals surface area contributed by atoms with Crippen molar-refractivity contribution in [2.75, 3.05) is 30.8 Å². The van der Waals surface area contributed by atoms with E-state index >= 15 is 0 Å². The lowest BCUT2D eigenvalue weighted by Crippen LogP contribution is -2.44. The second kappa shape index (κ2) is 10.9. The molecular formula is C27H29N3O4. The molecule has 1 aliphatic heterocycles. The molecule has 1 fully saturated rings. The zero-order chi connectivity index (χ0) is 23.9. The second-order valence-electron chi connectivity index (χ2n) is 8.35. The van der Waals surface area contributed by atoms with Crippen LogP contribution in [0.2, 0.25) is 0 Å². The third-order valence-electron chi connectivity index (χ3n) is 6.13. The average Bonchev–Trinajstić information content (AvgIpc) is 2.87. The molecule has 0 spiro atoms. The lowest BCUT2D eigenvalue weighted by atomic mass is 9.93. The molecule has 7 nitrogen and oxygen atoms in total. The van der Waals surface area contributed by atoms with Gasteiger partial charge in [0.25, 0.3) is 0 Å². The van der Waals surface area contributed by atoms with Crippen molar-refractivity contribution in [1.29, 1.82) is 0 Å². The first kappa shape index (κ1) is 23.3. The van der Waals surface area contributed by atoms with Crippen LogP contribution in [0.4, 0.5) is 11.4 Å². The molecule has 0 aliphatic carbocycles. The molecule has 1 saturated heterocycles. The highest BCUT2D eigenvalue weighted by atomic mass is 16.5. The molecule has 1 heterocycles. The normalized spacial score (nSPS) is 15.3. The number of carbonyl (C=O) groups is 2. The number of piperidine rings is 1. The molecule has 1 unspecified atom stereocenters. The number of para-hydroxylation sites is 2. The molecule has 2 amide bonds. The van der Waals surface area contributed by atoms with E-state index < -0.39 is 6.04 Å². The smallest absolute Gasteiger partial charge is 0.246 e. The minimum Gasteiger partial charge on any atom is -0.506 e. The van der Waals surface area contributed by atoms with Crippen LogP contribution < -0.4 is 15.4 Å². The second-order valence-corrected chi connectivity index (χ2v) is 8.35. The molecule has 176 valence electrons. The Kier molecular flexibility index (Phi) is 7.44. The number of aromatic hydroxyl groups is 1. The van der Waals surface area contributed by atoms with Crippen LogP contribution in [0.5, 0.6) is 11.5 Å². The summed E-state index contributed by atoms with van der Waals surface area (Å²) >= 11 is 0. The number of amides is 2. The summed E-state index contributed by atoms with van der Waals surface area (Å²) in [5.41, 5.74) is 1.98. The van der Waals surface area contributed by atoms with Crippen LogP contribution in [0.3, 0.4) is 0 Å². The van der Waals surface area contributed by atoms with E-state index in [9.17, 15) is 14.7 Å². The fraction of sp³-hybridized carbons (Fsp3) is 0.259. The summed E-state index contributed by atoms with van der Waals surface area (Å²) in [6.45, 7) is 1.20. The highest BCUT2D eigenvalue weighted by molar-refractivity contribution is 5.96. The zero-order valence-corrected chi connectivity index (χ0v) is 19.1. The standard InChI is InChI=1S/C27H29N3O4/c1-34-22-11-7-10-21(18-22)28-27(33)25(19-8-3-2-4-9-19)30-16-14-20(15-17-30)26(32)29-23-12-5-6-13-24(23)31/h2-13,18,20,25,31H,14-17H2,1H3,(H,28,33)(H,29,32). The first-order valence-electron chi connectivity index (χ1n) is 11.4. The van der Waals surface area contributed by atoms with Crippen molar-refractivity contribution in [3.8, 4) is 11.5 Å². The molecule has 3 aromatic rings. The molecule has 0 saturated carbocycles. The van der Waals surface area contributed by atoms with Crippen LogP contribution in [0, 0.1) is 5.92 Å². The monoisotopic (exact) mass is 459 g/mol. The molecule has 4 rings (SSSR count). The maximum absolute atomic E-state index is 13.4. The Labute approximate surface area is 199 Å². The number of hydrogen-bond acceptors (Lipinski definition) is 5. The summed E-state index contributed by atoms with van der Waals surface area (Å²) in [5.74, 6) is 0.292. The predicted molar refractivity (Wildman–Crippen MR) is 132 cm³/mol. The molecule has 0 radical (unpaired) electrons. The van der Waals surface area contributed by atoms with E-state index in [0.29, 0.717) is 43.1 Å². The Morgan fingerprint density at radius 3 is 2.35 bits per heavy atom. The number of benzene rings is 3. The lowest BCUT2D eigenvalue weighted by Gasteiger charge is -2.36. The van der Waals surface area contributed by atoms with Gasteiger partial charge in [0.1, 0.15) is 17.5 Å². The summed E-state index contributed by atoms with van der Waals surface area (Å²) in [7, 11) is 1.59. The average molecular weight is 460 g/mol. The van der Waals surface area contributed by atoms with E-state index in [4.69, 9.17) is 4.74 Å². The summed E-state index contributed by atoms with van der Waals surface area (Å²) in [5, 5.41) is 15.8. The minimum absolute atomic E-state index is 0.0478. The van der Waals surface area contributed by atoms with Gasteiger partial charge in [-0.25, -0.2) is 0 Å². The number of phenols is 1. The lowest BCUT2D eigenvalue weighted by molar-refractivity contribution is -0.124. The number of carbonyl (C=O) groups excluding carboxylic acids is 2. The SMILES string of the molecule is COc1cccc(NC(=O)C(c2ccccc2)N2CCC(C(=O)Nc3ccccc3O)CC2)c1. The van der Waals surface area contributed by atoms with Gasteiger partial charge in [-0.15, -0.1) is 0 Å². The van der Waals surface area contributed by atoms with E-state index in [1.165, 1.54) is 0 Å². The van der Waals surface area contributed by atoms with Crippen molar-refractivity contribution in [1.82, 2.24) is 4.90 Å². The number of nitrogens with one attached hydrogen (secondary N) is 2. The third-order valence-corrected chi connectivity index (χ3v) is 6.13. The Balaban J connectivity index is 1.45. The van der Waals surface area contributed by atoms with Crippen molar-refractivity contribution in [3.05, 3.63) is 84.4 Å². The maximum Gasteiger partial charge on any atom is 0.246 e. The molecule has 1 aliphatic rings. The number of hydrogen-bond donors (Lipinski definition) is 3. The van der Waals surface area contributed by atoms with E-state index in [1.54, 1.807) is 37.4 Å². The number of ether oxygens (including phenoxy) is 1. The highest BCUT2D eigenvalue weighted by Crippen LogP contribution is 2.30. The molecular weight excluding hydrogens is 430 g/mol. The topological polar surface area (TPSA) is 90.9 Å². The zero-order valence-electron chi connectivity index (χ0n) is 19.1. The van der Waals surface area contributed by atoms with E-state index in [1.807, 2.05) is 48.5 Å². The fourth-order valence-corrected chi connectivity index (χ4v) is 4.31. The van der Waals surface area contributed by atoms with Crippen molar-refractivity contribution in [2.45, 2.75) is 18.9 Å². The summed E-state index contributed by atoms with van der Waals surface area (Å²) < 4.78 is 5.27. The van der Waals surface area contributed by atoms with Crippen LogP contribution in [-0.4, -0.2) is 42.0 Å². The molecule has 0 bridgehead atoms. The van der Waals surface area contributed by atoms with Gasteiger partial charge in [-0.3, -0.25) is 14.5 Å². The highest BCUT2D eigenvalue weighted by Gasteiger charge is 2.33. The number of nitrogens with zero attached hydrogens (tertiary/aromatic N) is 1. The Morgan fingerprint density at radius 2 is 1.65 bits per heavy atom. The number of likely N-dealkylation sites (tertiary alicyclic amines) is 1. The number of phenolic OH excluding ortho intramolecular Hbond substituents is 1. The molecule has 34 heavy (non-hydrogen) atoms. The molecule has 3 aromatic carbocycles. The minimum atomic E-state index is -0.477. The van der Waals surface area contributed by atoms with Crippen LogP contribution in [-0.2, 0) is 9.59 Å². The third kappa shape index (κ3) is 5.55. The molecule has 1 atom stereocenters. The quantitative estimate of drug-likeness (QED) is 0.455. The Morgan fingerprint density at radius 1 is 0.941 bits per heavy atom. The van der Waals surface area contributed by atoms with Crippen molar-refractivity contribution in [2.24, 2.45) is 5.92 Å². The van der Waals surface area contributed by atoms with Gasteiger partial charge in [0.15, 0.2) is 0 Å². The summed E-state index contributed by atoms with van der Waals surface area (Å²) in [6.07, 6.45) is 1.24. The number of methoxy groups -OCH3 is 1. The molecule has 3 N–H and O–H groups in total. The number of rotatable bonds is 7. The van der Waals surface area contributed by atoms with Crippen molar-refractivity contribution >= 4 is 23.2 Å². The fourth-order valence-electron chi connectivity index (χ4n) is 4.31. The van der Waals surface area contributed by atoms with Crippen LogP contribution in [0.15, 0.2) is 78.9 Å². The van der Waals surface area contributed by atoms with Gasteiger partial charge >= 0.3 is 0 Å². The van der Waals surface area contributed by atoms with Crippen molar-refractivity contribution < 1.29 is 19.4 Å². The first-order chi connectivity index (χ1) is 16.5. The Bertz CT molecular complexity index is 1130. The van der Waals surface area contributed by atoms with Crippen molar-refractivity contribution in [3.63, 3.8) is 0 Å². The van der Waals surface area contributed by atoms with Gasteiger partial charge < -0.3 is 20.5 Å². The van der Waals surface area contributed by atoms with Gasteiger partial charge in [-0.1, -0.05) is 48.5 Å². The number of anilines is 2. The van der Waals surface area contributed by atoms with E-state index in [-0.39, 0.29) is 23.5 Å². The van der Waals surface area contributed by atoms with E-state index in [2.05, 4.69) is 15.5 Å². The molecule has 7 heteroatoms. The predicted octanol–water partition coefficient (Wildman–Crippen LogP) is 4.43. The van der Waals surface area contributed by atoms with Crippen LogP contribution >= 0.6 is 0 Å². The maximum atomic E-state index is 13.4. The van der Waals surface area contributed by atoms with Crippen LogP contribution in [0.25, 0.3) is 0 Å². The largest absolute Gasteiger partial charge is 0.506 e. The van der Waals surface area contributed by atoms with Gasteiger partial charge in [0.05, 0.1) is 12.8 Å². The molecule has 0 aromatic heterocycles.